The van der Waals surface area contributed by atoms with Gasteiger partial charge in [-0.15, -0.1) is 0 Å². The van der Waals surface area contributed by atoms with Gasteiger partial charge >= 0.3 is 0 Å². The van der Waals surface area contributed by atoms with Crippen molar-refractivity contribution in [2.24, 2.45) is 5.92 Å². The highest BCUT2D eigenvalue weighted by Gasteiger charge is 2.46. The van der Waals surface area contributed by atoms with Gasteiger partial charge in [0.2, 0.25) is 0 Å². The van der Waals surface area contributed by atoms with E-state index in [1.165, 1.54) is 23.1 Å². The smallest absolute Gasteiger partial charge is 0.284 e. The van der Waals surface area contributed by atoms with Crippen LogP contribution in [0.3, 0.4) is 0 Å². The van der Waals surface area contributed by atoms with E-state index in [4.69, 9.17) is 0 Å². The molecule has 7 heteroatoms. The number of hydrogen-bond acceptors (Lipinski definition) is 4. The molecule has 0 unspecified atom stereocenters. The van der Waals surface area contributed by atoms with Gasteiger partial charge in [0, 0.05) is 6.07 Å². The molecule has 1 N–H and O–H groups in total. The fourth-order valence-electron chi connectivity index (χ4n) is 2.12. The Kier molecular flexibility index (Phi) is 3.84. The summed E-state index contributed by atoms with van der Waals surface area (Å²) in [4.78, 5) is 24.1. The molecule has 0 radical (unpaired) electrons. The van der Waals surface area contributed by atoms with Crippen LogP contribution >= 0.6 is 15.9 Å². The minimum atomic E-state index is -0.858. The largest absolute Gasteiger partial charge is 0.386 e. The van der Waals surface area contributed by atoms with Gasteiger partial charge < -0.3 is 10.0 Å². The monoisotopic (exact) mass is 342 g/mol. The topological polar surface area (TPSA) is 83.7 Å². The summed E-state index contributed by atoms with van der Waals surface area (Å²) in [5, 5.41) is 21.0. The Morgan fingerprint density at radius 1 is 1.50 bits per heavy atom. The van der Waals surface area contributed by atoms with Crippen LogP contribution in [0, 0.1) is 16.0 Å². The maximum Gasteiger partial charge on any atom is 0.284 e. The van der Waals surface area contributed by atoms with Crippen molar-refractivity contribution in [1.82, 2.24) is 4.90 Å². The first-order chi connectivity index (χ1) is 9.26. The molecule has 1 fully saturated rings. The standard InChI is InChI=1S/C13H15BrN2O4/c1-8(2)13(18)6-15(7-13)12(17)9-4-3-5-10(11(9)14)16(19)20/h3-5,8,18H,6-7H2,1-2H3. The number of carbonyl (C=O) groups excluding carboxylic acids is 1. The molecule has 1 amide bonds. The third-order valence-electron chi connectivity index (χ3n) is 3.70. The lowest BCUT2D eigenvalue weighted by Gasteiger charge is -2.49. The van der Waals surface area contributed by atoms with Crippen LogP contribution in [-0.4, -0.2) is 39.5 Å². The highest BCUT2D eigenvalue weighted by Crippen LogP contribution is 2.33. The lowest BCUT2D eigenvalue weighted by Crippen LogP contribution is -2.66. The summed E-state index contributed by atoms with van der Waals surface area (Å²) in [6.07, 6.45) is 0. The second kappa shape index (κ2) is 5.14. The Morgan fingerprint density at radius 3 is 2.60 bits per heavy atom. The van der Waals surface area contributed by atoms with Gasteiger partial charge in [-0.25, -0.2) is 0 Å². The summed E-state index contributed by atoms with van der Waals surface area (Å²) in [7, 11) is 0. The highest BCUT2D eigenvalue weighted by atomic mass is 79.9. The lowest BCUT2D eigenvalue weighted by atomic mass is 9.82. The summed E-state index contributed by atoms with van der Waals surface area (Å²) in [6, 6.07) is 4.35. The number of rotatable bonds is 3. The predicted molar refractivity (Wildman–Crippen MR) is 76.5 cm³/mol. The summed E-state index contributed by atoms with van der Waals surface area (Å²) >= 11 is 3.11. The molecule has 1 aromatic carbocycles. The SMILES string of the molecule is CC(C)C1(O)CN(C(=O)c2cccc([N+](=O)[O-])c2Br)C1. The summed E-state index contributed by atoms with van der Waals surface area (Å²) in [5.41, 5.74) is -0.761. The molecule has 1 aromatic rings. The Hall–Kier alpha value is -1.47. The van der Waals surface area contributed by atoms with E-state index < -0.39 is 10.5 Å². The third-order valence-corrected chi connectivity index (χ3v) is 4.53. The molecule has 1 saturated heterocycles. The first-order valence-corrected chi connectivity index (χ1v) is 7.00. The average molecular weight is 343 g/mol. The molecule has 108 valence electrons. The number of amides is 1. The van der Waals surface area contributed by atoms with Gasteiger partial charge in [-0.2, -0.15) is 0 Å². The zero-order chi connectivity index (χ0) is 15.1. The van der Waals surface area contributed by atoms with Crippen molar-refractivity contribution in [3.05, 3.63) is 38.3 Å². The van der Waals surface area contributed by atoms with Crippen LogP contribution in [0.1, 0.15) is 24.2 Å². The number of nitrogens with zero attached hydrogens (tertiary/aromatic N) is 2. The van der Waals surface area contributed by atoms with Crippen LogP contribution in [0.15, 0.2) is 22.7 Å². The fourth-order valence-corrected chi connectivity index (χ4v) is 2.70. The summed E-state index contributed by atoms with van der Waals surface area (Å²) in [6.45, 7) is 4.29. The van der Waals surface area contributed by atoms with Crippen LogP contribution in [0.4, 0.5) is 5.69 Å². The van der Waals surface area contributed by atoms with Crippen LogP contribution in [0.25, 0.3) is 0 Å². The van der Waals surface area contributed by atoms with Gasteiger partial charge in [0.15, 0.2) is 0 Å². The van der Waals surface area contributed by atoms with Gasteiger partial charge in [0.05, 0.1) is 23.6 Å². The van der Waals surface area contributed by atoms with Gasteiger partial charge in [-0.05, 0) is 27.9 Å². The Bertz CT molecular complexity index is 567. The van der Waals surface area contributed by atoms with E-state index in [1.54, 1.807) is 0 Å². The van der Waals surface area contributed by atoms with Crippen molar-refractivity contribution >= 4 is 27.5 Å². The molecule has 2 rings (SSSR count). The normalized spacial score (nSPS) is 16.9. The molecular weight excluding hydrogens is 328 g/mol. The summed E-state index contributed by atoms with van der Waals surface area (Å²) < 4.78 is 0.176. The first kappa shape index (κ1) is 14.9. The van der Waals surface area contributed by atoms with Crippen molar-refractivity contribution < 1.29 is 14.8 Å². The molecular formula is C13H15BrN2O4. The number of benzene rings is 1. The zero-order valence-corrected chi connectivity index (χ0v) is 12.8. The van der Waals surface area contributed by atoms with Crippen LogP contribution in [0.5, 0.6) is 0 Å². The van der Waals surface area contributed by atoms with E-state index in [-0.39, 0.29) is 40.6 Å². The minimum absolute atomic E-state index is 0.0556. The lowest BCUT2D eigenvalue weighted by molar-refractivity contribution is -0.385. The number of halogens is 1. The molecule has 0 bridgehead atoms. The van der Waals surface area contributed by atoms with E-state index in [0.717, 1.165) is 0 Å². The number of nitro benzene ring substituents is 1. The molecule has 0 aliphatic carbocycles. The minimum Gasteiger partial charge on any atom is -0.386 e. The highest BCUT2D eigenvalue weighted by molar-refractivity contribution is 9.10. The summed E-state index contributed by atoms with van der Waals surface area (Å²) in [5.74, 6) is -0.258. The third kappa shape index (κ3) is 2.43. The van der Waals surface area contributed by atoms with Crippen molar-refractivity contribution in [3.8, 4) is 0 Å². The molecule has 1 aliphatic rings. The van der Waals surface area contributed by atoms with Gasteiger partial charge in [-0.1, -0.05) is 19.9 Å². The molecule has 0 atom stereocenters. The predicted octanol–water partition coefficient (Wildman–Crippen LogP) is 2.20. The number of nitro groups is 1. The van der Waals surface area contributed by atoms with E-state index in [0.29, 0.717) is 0 Å². The molecule has 1 heterocycles. The maximum atomic E-state index is 12.3. The van der Waals surface area contributed by atoms with Crippen LogP contribution < -0.4 is 0 Å². The molecule has 6 nitrogen and oxygen atoms in total. The second-order valence-corrected chi connectivity index (χ2v) is 6.11. The average Bonchev–Trinajstić information content (AvgIpc) is 2.33. The molecule has 1 aliphatic heterocycles. The Labute approximate surface area is 124 Å². The number of hydrogen-bond donors (Lipinski definition) is 1. The van der Waals surface area contributed by atoms with Crippen molar-refractivity contribution in [1.29, 1.82) is 0 Å². The quantitative estimate of drug-likeness (QED) is 0.674. The van der Waals surface area contributed by atoms with E-state index in [1.807, 2.05) is 13.8 Å². The molecule has 20 heavy (non-hydrogen) atoms. The molecule has 0 spiro atoms. The van der Waals surface area contributed by atoms with Gasteiger partial charge in [0.25, 0.3) is 11.6 Å². The number of aliphatic hydroxyl groups is 1. The maximum absolute atomic E-state index is 12.3. The molecule has 0 saturated carbocycles. The number of carbonyl (C=O) groups is 1. The van der Waals surface area contributed by atoms with Crippen LogP contribution in [0.2, 0.25) is 0 Å². The van der Waals surface area contributed by atoms with Crippen molar-refractivity contribution in [2.75, 3.05) is 13.1 Å². The van der Waals surface area contributed by atoms with Gasteiger partial charge in [0.1, 0.15) is 10.1 Å². The number of likely N-dealkylation sites (tertiary alicyclic amines) is 1. The molecule has 0 aromatic heterocycles. The Balaban J connectivity index is 2.20. The van der Waals surface area contributed by atoms with Crippen molar-refractivity contribution in [3.63, 3.8) is 0 Å². The van der Waals surface area contributed by atoms with E-state index in [2.05, 4.69) is 15.9 Å². The fraction of sp³-hybridized carbons (Fsp3) is 0.462. The van der Waals surface area contributed by atoms with E-state index >= 15 is 0 Å². The second-order valence-electron chi connectivity index (χ2n) is 5.32. The first-order valence-electron chi connectivity index (χ1n) is 6.21. The zero-order valence-electron chi connectivity index (χ0n) is 11.2. The Morgan fingerprint density at radius 2 is 2.10 bits per heavy atom. The van der Waals surface area contributed by atoms with Crippen LogP contribution in [-0.2, 0) is 0 Å². The van der Waals surface area contributed by atoms with Crippen molar-refractivity contribution in [2.45, 2.75) is 19.4 Å². The van der Waals surface area contributed by atoms with Gasteiger partial charge in [-0.3, -0.25) is 14.9 Å². The number of β-amino-alcohol motifs (C(OH)–C–C–N with tert-alkyl or cyclic N) is 1. The van der Waals surface area contributed by atoms with E-state index in [9.17, 15) is 20.0 Å².